The number of nitrogens with two attached hydrogens (primary N) is 1. The van der Waals surface area contributed by atoms with Gasteiger partial charge >= 0.3 is 12.1 Å². The van der Waals surface area contributed by atoms with Gasteiger partial charge in [0, 0.05) is 37.2 Å². The molecular weight excluding hydrogens is 466 g/mol. The number of nitrogens with zero attached hydrogens (tertiary/aromatic N) is 1. The first-order chi connectivity index (χ1) is 17.0. The normalized spacial score (nSPS) is 14.0. The van der Waals surface area contributed by atoms with E-state index < -0.39 is 17.5 Å². The fourth-order valence-corrected chi connectivity index (χ4v) is 3.45. The van der Waals surface area contributed by atoms with E-state index in [0.717, 1.165) is 0 Å². The number of carbonyl (C=O) groups excluding carboxylic acids is 4. The Morgan fingerprint density at radius 3 is 2.08 bits per heavy atom. The molecule has 0 spiro atoms. The maximum absolute atomic E-state index is 12.5. The van der Waals surface area contributed by atoms with Gasteiger partial charge in [0.05, 0.1) is 5.56 Å². The van der Waals surface area contributed by atoms with Gasteiger partial charge in [0.1, 0.15) is 17.5 Å². The lowest BCUT2D eigenvalue weighted by molar-refractivity contribution is -0.118. The van der Waals surface area contributed by atoms with Crippen LogP contribution in [0.5, 0.6) is 5.75 Å². The number of amides is 3. The molecule has 0 radical (unpaired) electrons. The molecule has 2 aromatic rings. The van der Waals surface area contributed by atoms with E-state index in [0.29, 0.717) is 48.5 Å². The average Bonchev–Trinajstić information content (AvgIpc) is 2.83. The van der Waals surface area contributed by atoms with Gasteiger partial charge in [-0.15, -0.1) is 0 Å². The Morgan fingerprint density at radius 1 is 0.944 bits per heavy atom. The summed E-state index contributed by atoms with van der Waals surface area (Å²) in [6.07, 6.45) is 0.412. The number of carbonyl (C=O) groups is 4. The number of piperidine rings is 1. The second-order valence-electron chi connectivity index (χ2n) is 9.37. The van der Waals surface area contributed by atoms with Crippen LogP contribution in [0.3, 0.4) is 0 Å². The average molecular weight is 498 g/mol. The lowest BCUT2D eigenvalue weighted by Crippen LogP contribution is -2.43. The van der Waals surface area contributed by atoms with E-state index in [2.05, 4.69) is 5.32 Å². The minimum absolute atomic E-state index is 0.234. The summed E-state index contributed by atoms with van der Waals surface area (Å²) in [6, 6.07) is 12.5. The summed E-state index contributed by atoms with van der Waals surface area (Å²) < 4.78 is 16.4. The first-order valence-corrected chi connectivity index (χ1v) is 11.6. The number of primary amides is 1. The van der Waals surface area contributed by atoms with E-state index in [1.807, 2.05) is 20.8 Å². The number of hydrogen-bond acceptors (Lipinski definition) is 7. The molecule has 0 bridgehead atoms. The summed E-state index contributed by atoms with van der Waals surface area (Å²) in [6.45, 7) is 6.12. The molecule has 0 atom stereocenters. The van der Waals surface area contributed by atoms with Gasteiger partial charge in [-0.05, 0) is 69.3 Å². The van der Waals surface area contributed by atoms with Crippen molar-refractivity contribution in [3.8, 4) is 5.75 Å². The van der Waals surface area contributed by atoms with Gasteiger partial charge in [-0.3, -0.25) is 9.59 Å². The zero-order valence-corrected chi connectivity index (χ0v) is 20.6. The lowest BCUT2D eigenvalue weighted by atomic mass is 10.1. The molecule has 1 saturated heterocycles. The zero-order valence-electron chi connectivity index (χ0n) is 20.6. The smallest absolute Gasteiger partial charge is 0.410 e. The number of ether oxygens (including phenoxy) is 3. The third kappa shape index (κ3) is 8.00. The van der Waals surface area contributed by atoms with Crippen molar-refractivity contribution in [2.75, 3.05) is 25.0 Å². The molecule has 0 aliphatic carbocycles. The summed E-state index contributed by atoms with van der Waals surface area (Å²) in [5.41, 5.74) is 5.83. The van der Waals surface area contributed by atoms with Gasteiger partial charge in [-0.1, -0.05) is 0 Å². The molecular formula is C26H31N3O7. The molecule has 1 aliphatic heterocycles. The van der Waals surface area contributed by atoms with E-state index in [4.69, 9.17) is 19.9 Å². The second-order valence-corrected chi connectivity index (χ2v) is 9.37. The highest BCUT2D eigenvalue weighted by atomic mass is 16.6. The molecule has 10 heteroatoms. The molecule has 1 heterocycles. The van der Waals surface area contributed by atoms with Crippen molar-refractivity contribution in [3.63, 3.8) is 0 Å². The Labute approximate surface area is 209 Å². The van der Waals surface area contributed by atoms with E-state index >= 15 is 0 Å². The van der Waals surface area contributed by atoms with Crippen LogP contribution in [-0.4, -0.2) is 60.2 Å². The fraction of sp³-hybridized carbons (Fsp3) is 0.385. The highest BCUT2D eigenvalue weighted by Gasteiger charge is 2.28. The highest BCUT2D eigenvalue weighted by Crippen LogP contribution is 2.19. The predicted molar refractivity (Wildman–Crippen MR) is 132 cm³/mol. The number of esters is 1. The fourth-order valence-electron chi connectivity index (χ4n) is 3.45. The second kappa shape index (κ2) is 11.6. The van der Waals surface area contributed by atoms with Crippen LogP contribution >= 0.6 is 0 Å². The third-order valence-electron chi connectivity index (χ3n) is 5.28. The first kappa shape index (κ1) is 26.5. The van der Waals surface area contributed by atoms with Crippen molar-refractivity contribution in [1.29, 1.82) is 0 Å². The van der Waals surface area contributed by atoms with Crippen LogP contribution in [0.25, 0.3) is 0 Å². The molecule has 36 heavy (non-hydrogen) atoms. The number of anilines is 1. The van der Waals surface area contributed by atoms with Crippen LogP contribution in [0.4, 0.5) is 10.5 Å². The maximum Gasteiger partial charge on any atom is 0.410 e. The van der Waals surface area contributed by atoms with E-state index in [9.17, 15) is 19.2 Å². The van der Waals surface area contributed by atoms with Crippen LogP contribution in [0.1, 0.15) is 54.3 Å². The standard InChI is InChI=1S/C26H31N3O7/c1-26(2,3)36-25(33)29-14-12-21(13-15-29)35-24(32)18-4-8-19(9-5-18)28-22(30)16-34-20-10-6-17(7-11-20)23(27)31/h4-11,21H,12-16H2,1-3H3,(H2,27,31)(H,28,30). The van der Waals surface area contributed by atoms with Crippen molar-refractivity contribution in [1.82, 2.24) is 4.90 Å². The molecule has 0 aromatic heterocycles. The molecule has 192 valence electrons. The Hall–Kier alpha value is -4.08. The Morgan fingerprint density at radius 2 is 1.53 bits per heavy atom. The van der Waals surface area contributed by atoms with Crippen molar-refractivity contribution in [2.45, 2.75) is 45.3 Å². The minimum atomic E-state index is -0.557. The number of nitrogens with one attached hydrogen (secondary N) is 1. The highest BCUT2D eigenvalue weighted by molar-refractivity contribution is 5.94. The SMILES string of the molecule is CC(C)(C)OC(=O)N1CCC(OC(=O)c2ccc(NC(=O)COc3ccc(C(N)=O)cc3)cc2)CC1. The Kier molecular flexibility index (Phi) is 8.52. The zero-order chi connectivity index (χ0) is 26.3. The molecule has 1 aliphatic rings. The molecule has 0 saturated carbocycles. The van der Waals surface area contributed by atoms with Crippen LogP contribution in [0, 0.1) is 0 Å². The number of benzene rings is 2. The van der Waals surface area contributed by atoms with E-state index in [1.165, 1.54) is 12.1 Å². The minimum Gasteiger partial charge on any atom is -0.484 e. The number of rotatable bonds is 7. The van der Waals surface area contributed by atoms with Gasteiger partial charge < -0.3 is 30.2 Å². The monoisotopic (exact) mass is 497 g/mol. The predicted octanol–water partition coefficient (Wildman–Crippen LogP) is 3.36. The topological polar surface area (TPSA) is 137 Å². The molecule has 10 nitrogen and oxygen atoms in total. The quantitative estimate of drug-likeness (QED) is 0.560. The number of hydrogen-bond donors (Lipinski definition) is 2. The van der Waals surface area contributed by atoms with Crippen molar-refractivity contribution < 1.29 is 33.4 Å². The molecule has 0 unspecified atom stereocenters. The lowest BCUT2D eigenvalue weighted by Gasteiger charge is -2.33. The van der Waals surface area contributed by atoms with E-state index in [1.54, 1.807) is 41.3 Å². The molecule has 1 fully saturated rings. The molecule has 2 aromatic carbocycles. The summed E-state index contributed by atoms with van der Waals surface area (Å²) in [5, 5.41) is 2.68. The maximum atomic E-state index is 12.5. The first-order valence-electron chi connectivity index (χ1n) is 11.6. The van der Waals surface area contributed by atoms with Crippen LogP contribution in [0.15, 0.2) is 48.5 Å². The third-order valence-corrected chi connectivity index (χ3v) is 5.28. The molecule has 3 rings (SSSR count). The molecule has 3 amide bonds. The Balaban J connectivity index is 1.42. The number of likely N-dealkylation sites (tertiary alicyclic amines) is 1. The summed E-state index contributed by atoms with van der Waals surface area (Å²) in [7, 11) is 0. The van der Waals surface area contributed by atoms with Crippen molar-refractivity contribution >= 4 is 29.6 Å². The van der Waals surface area contributed by atoms with Gasteiger partial charge in [0.15, 0.2) is 6.61 Å². The largest absolute Gasteiger partial charge is 0.484 e. The molecule has 3 N–H and O–H groups in total. The van der Waals surface area contributed by atoms with Gasteiger partial charge in [0.2, 0.25) is 5.91 Å². The summed E-state index contributed by atoms with van der Waals surface area (Å²) in [5.74, 6) is -0.979. The van der Waals surface area contributed by atoms with Gasteiger partial charge in [-0.25, -0.2) is 9.59 Å². The van der Waals surface area contributed by atoms with Crippen LogP contribution < -0.4 is 15.8 Å². The van der Waals surface area contributed by atoms with Gasteiger partial charge in [0.25, 0.3) is 5.91 Å². The summed E-state index contributed by atoms with van der Waals surface area (Å²) >= 11 is 0. The van der Waals surface area contributed by atoms with Crippen molar-refractivity contribution in [3.05, 3.63) is 59.7 Å². The van der Waals surface area contributed by atoms with Crippen molar-refractivity contribution in [2.24, 2.45) is 5.73 Å². The van der Waals surface area contributed by atoms with Gasteiger partial charge in [-0.2, -0.15) is 0 Å². The Bertz CT molecular complexity index is 1080. The summed E-state index contributed by atoms with van der Waals surface area (Å²) in [4.78, 5) is 49.5. The van der Waals surface area contributed by atoms with Crippen LogP contribution in [-0.2, 0) is 14.3 Å². The van der Waals surface area contributed by atoms with E-state index in [-0.39, 0.29) is 24.7 Å². The van der Waals surface area contributed by atoms with Crippen LogP contribution in [0.2, 0.25) is 0 Å².